The third kappa shape index (κ3) is 4.92. The Balaban J connectivity index is 2.75. The van der Waals surface area contributed by atoms with Crippen molar-refractivity contribution < 1.29 is 23.1 Å². The molecule has 0 saturated heterocycles. The Morgan fingerprint density at radius 1 is 1.45 bits per heavy atom. The van der Waals surface area contributed by atoms with Crippen molar-refractivity contribution in [1.82, 2.24) is 4.72 Å². The lowest BCUT2D eigenvalue weighted by Crippen LogP contribution is -2.25. The molecule has 1 aromatic carbocycles. The molecule has 7 heteroatoms. The van der Waals surface area contributed by atoms with Gasteiger partial charge in [-0.15, -0.1) is 0 Å². The molecule has 1 unspecified atom stereocenters. The van der Waals surface area contributed by atoms with Gasteiger partial charge in [0.05, 0.1) is 23.7 Å². The van der Waals surface area contributed by atoms with Crippen molar-refractivity contribution in [3.05, 3.63) is 29.8 Å². The quantitative estimate of drug-likeness (QED) is 0.577. The predicted octanol–water partition coefficient (Wildman–Crippen LogP) is 0.912. The van der Waals surface area contributed by atoms with Crippen LogP contribution < -0.4 is 4.72 Å². The van der Waals surface area contributed by atoms with E-state index in [0.717, 1.165) is 0 Å². The fourth-order valence-electron chi connectivity index (χ4n) is 1.60. The Bertz CT molecular complexity index is 554. The van der Waals surface area contributed by atoms with Crippen molar-refractivity contribution in [1.29, 1.82) is 0 Å². The van der Waals surface area contributed by atoms with Crippen LogP contribution in [-0.2, 0) is 14.8 Å². The number of benzene rings is 1. The zero-order valence-corrected chi connectivity index (χ0v) is 12.3. The second kappa shape index (κ2) is 7.37. The van der Waals surface area contributed by atoms with Crippen LogP contribution in [0.15, 0.2) is 29.2 Å². The lowest BCUT2D eigenvalue weighted by Gasteiger charge is -2.08. The maximum Gasteiger partial charge on any atom is 0.337 e. The minimum Gasteiger partial charge on any atom is -0.465 e. The number of nitrogens with one attached hydrogen (secondary N) is 1. The number of aliphatic hydroxyl groups is 1. The van der Waals surface area contributed by atoms with E-state index in [9.17, 15) is 13.2 Å². The van der Waals surface area contributed by atoms with Gasteiger partial charge >= 0.3 is 5.97 Å². The van der Waals surface area contributed by atoms with E-state index >= 15 is 0 Å². The monoisotopic (exact) mass is 301 g/mol. The number of carbonyl (C=O) groups is 1. The van der Waals surface area contributed by atoms with Crippen LogP contribution in [0.2, 0.25) is 0 Å². The summed E-state index contributed by atoms with van der Waals surface area (Å²) in [5, 5.41) is 9.09. The van der Waals surface area contributed by atoms with E-state index < -0.39 is 22.1 Å². The highest BCUT2D eigenvalue weighted by Gasteiger charge is 2.16. The average molecular weight is 301 g/mol. The Kier molecular flexibility index (Phi) is 6.12. The van der Waals surface area contributed by atoms with Crippen LogP contribution in [0.5, 0.6) is 0 Å². The molecule has 0 amide bonds. The molecular weight excluding hydrogens is 282 g/mol. The van der Waals surface area contributed by atoms with Gasteiger partial charge in [0.25, 0.3) is 0 Å². The standard InChI is InChI=1S/C13H19NO5S/c1-10(15)5-4-8-14-20(17,18)12-7-3-6-11(9-12)13(16)19-2/h3,6-7,9-10,14-15H,4-5,8H2,1-2H3. The summed E-state index contributed by atoms with van der Waals surface area (Å²) in [5.74, 6) is -0.587. The molecule has 0 aliphatic carbocycles. The maximum atomic E-state index is 12.0. The summed E-state index contributed by atoms with van der Waals surface area (Å²) in [6, 6.07) is 5.64. The maximum absolute atomic E-state index is 12.0. The van der Waals surface area contributed by atoms with E-state index in [-0.39, 0.29) is 17.0 Å². The number of hydrogen-bond acceptors (Lipinski definition) is 5. The van der Waals surface area contributed by atoms with Crippen molar-refractivity contribution >= 4 is 16.0 Å². The molecule has 0 aromatic heterocycles. The van der Waals surface area contributed by atoms with Crippen LogP contribution in [0.25, 0.3) is 0 Å². The summed E-state index contributed by atoms with van der Waals surface area (Å²) in [6.45, 7) is 1.88. The predicted molar refractivity (Wildman–Crippen MR) is 73.9 cm³/mol. The molecule has 0 aliphatic rings. The van der Waals surface area contributed by atoms with Gasteiger partial charge in [-0.2, -0.15) is 0 Å². The number of aliphatic hydroxyl groups excluding tert-OH is 1. The van der Waals surface area contributed by atoms with Gasteiger partial charge in [-0.1, -0.05) is 6.07 Å². The summed E-state index contributed by atoms with van der Waals surface area (Å²) in [6.07, 6.45) is 0.598. The highest BCUT2D eigenvalue weighted by atomic mass is 32.2. The number of ether oxygens (including phenoxy) is 1. The van der Waals surface area contributed by atoms with Crippen molar-refractivity contribution in [3.63, 3.8) is 0 Å². The van der Waals surface area contributed by atoms with Crippen molar-refractivity contribution in [2.45, 2.75) is 30.8 Å². The molecule has 20 heavy (non-hydrogen) atoms. The van der Waals surface area contributed by atoms with Crippen molar-refractivity contribution in [2.24, 2.45) is 0 Å². The van der Waals surface area contributed by atoms with Crippen molar-refractivity contribution in [3.8, 4) is 0 Å². The summed E-state index contributed by atoms with van der Waals surface area (Å²) in [4.78, 5) is 11.4. The van der Waals surface area contributed by atoms with Gasteiger partial charge in [-0.05, 0) is 38.0 Å². The highest BCUT2D eigenvalue weighted by molar-refractivity contribution is 7.89. The van der Waals surface area contributed by atoms with Gasteiger partial charge in [0.1, 0.15) is 0 Å². The number of methoxy groups -OCH3 is 1. The summed E-state index contributed by atoms with van der Waals surface area (Å²) >= 11 is 0. The fourth-order valence-corrected chi connectivity index (χ4v) is 2.71. The average Bonchev–Trinajstić information content (AvgIpc) is 2.42. The number of sulfonamides is 1. The normalized spacial score (nSPS) is 12.9. The summed E-state index contributed by atoms with van der Waals surface area (Å²) < 4.78 is 31.0. The molecule has 1 rings (SSSR count). The highest BCUT2D eigenvalue weighted by Crippen LogP contribution is 2.12. The molecular formula is C13H19NO5S. The summed E-state index contributed by atoms with van der Waals surface area (Å²) in [5.41, 5.74) is 0.180. The number of hydrogen-bond donors (Lipinski definition) is 2. The van der Waals surface area contributed by atoms with Crippen LogP contribution in [0.4, 0.5) is 0 Å². The van der Waals surface area contributed by atoms with Gasteiger partial charge in [0.15, 0.2) is 0 Å². The molecule has 0 bridgehead atoms. The van der Waals surface area contributed by atoms with Crippen LogP contribution in [0, 0.1) is 0 Å². The van der Waals surface area contributed by atoms with Crippen LogP contribution in [0.3, 0.4) is 0 Å². The van der Waals surface area contributed by atoms with E-state index in [1.54, 1.807) is 6.92 Å². The Morgan fingerprint density at radius 2 is 2.15 bits per heavy atom. The second-order valence-electron chi connectivity index (χ2n) is 4.41. The van der Waals surface area contributed by atoms with Gasteiger partial charge in [0.2, 0.25) is 10.0 Å². The molecule has 112 valence electrons. The van der Waals surface area contributed by atoms with Gasteiger partial charge in [0, 0.05) is 6.54 Å². The second-order valence-corrected chi connectivity index (χ2v) is 6.18. The molecule has 0 saturated carbocycles. The zero-order chi connectivity index (χ0) is 15.2. The number of rotatable bonds is 7. The SMILES string of the molecule is COC(=O)c1cccc(S(=O)(=O)NCCCC(C)O)c1. The lowest BCUT2D eigenvalue weighted by atomic mass is 10.2. The largest absolute Gasteiger partial charge is 0.465 e. The van der Waals surface area contributed by atoms with E-state index in [1.165, 1.54) is 31.4 Å². The van der Waals surface area contributed by atoms with Crippen molar-refractivity contribution in [2.75, 3.05) is 13.7 Å². The van der Waals surface area contributed by atoms with Crippen LogP contribution in [0.1, 0.15) is 30.1 Å². The molecule has 6 nitrogen and oxygen atoms in total. The molecule has 0 fully saturated rings. The Hall–Kier alpha value is -1.44. The van der Waals surface area contributed by atoms with Gasteiger partial charge < -0.3 is 9.84 Å². The summed E-state index contributed by atoms with van der Waals surface area (Å²) in [7, 11) is -2.43. The molecule has 0 spiro atoms. The molecule has 1 aromatic rings. The minimum absolute atomic E-state index is 0.0115. The third-order valence-electron chi connectivity index (χ3n) is 2.66. The zero-order valence-electron chi connectivity index (χ0n) is 11.5. The number of carbonyl (C=O) groups excluding carboxylic acids is 1. The first-order valence-corrected chi connectivity index (χ1v) is 7.71. The first-order valence-electron chi connectivity index (χ1n) is 6.23. The van der Waals surface area contributed by atoms with E-state index in [0.29, 0.717) is 12.8 Å². The Labute approximate surface area is 118 Å². The number of esters is 1. The Morgan fingerprint density at radius 3 is 2.75 bits per heavy atom. The minimum atomic E-state index is -3.66. The van der Waals surface area contributed by atoms with E-state index in [2.05, 4.69) is 9.46 Å². The molecule has 0 radical (unpaired) electrons. The lowest BCUT2D eigenvalue weighted by molar-refractivity contribution is 0.0600. The molecule has 0 heterocycles. The van der Waals surface area contributed by atoms with Crippen LogP contribution in [-0.4, -0.2) is 39.3 Å². The van der Waals surface area contributed by atoms with Crippen LogP contribution >= 0.6 is 0 Å². The van der Waals surface area contributed by atoms with E-state index in [4.69, 9.17) is 5.11 Å². The third-order valence-corrected chi connectivity index (χ3v) is 4.11. The first-order chi connectivity index (χ1) is 9.36. The van der Waals surface area contributed by atoms with Gasteiger partial charge in [-0.25, -0.2) is 17.9 Å². The smallest absolute Gasteiger partial charge is 0.337 e. The van der Waals surface area contributed by atoms with Gasteiger partial charge in [-0.3, -0.25) is 0 Å². The fraction of sp³-hybridized carbons (Fsp3) is 0.462. The topological polar surface area (TPSA) is 92.7 Å². The molecule has 0 aliphatic heterocycles. The first kappa shape index (κ1) is 16.6. The molecule has 1 atom stereocenters. The van der Waals surface area contributed by atoms with E-state index in [1.807, 2.05) is 0 Å². The molecule has 2 N–H and O–H groups in total.